The summed E-state index contributed by atoms with van der Waals surface area (Å²) in [5.74, 6) is 2.68. The lowest BCUT2D eigenvalue weighted by molar-refractivity contribution is -0.130. The third-order valence-electron chi connectivity index (χ3n) is 7.83. The van der Waals surface area contributed by atoms with Gasteiger partial charge in [-0.05, 0) is 73.4 Å². The summed E-state index contributed by atoms with van der Waals surface area (Å²) in [6, 6.07) is 9.77. The number of anilines is 1. The third-order valence-corrected chi connectivity index (χ3v) is 7.83. The molecule has 1 aliphatic carbocycles. The highest BCUT2D eigenvalue weighted by atomic mass is 16.5. The number of benzene rings is 2. The van der Waals surface area contributed by atoms with Crippen LogP contribution in [0.15, 0.2) is 34.9 Å². The number of methoxy groups -OCH3 is 2. The maximum Gasteiger partial charge on any atom is 0.242 e. The zero-order chi connectivity index (χ0) is 30.4. The predicted octanol–water partition coefficient (Wildman–Crippen LogP) is 4.36. The van der Waals surface area contributed by atoms with Crippen LogP contribution in [0.1, 0.15) is 49.3 Å². The minimum Gasteiger partial charge on any atom is -0.493 e. The summed E-state index contributed by atoms with van der Waals surface area (Å²) in [4.78, 5) is 34.8. The molecule has 0 atom stereocenters. The van der Waals surface area contributed by atoms with E-state index in [1.165, 1.54) is 0 Å². The van der Waals surface area contributed by atoms with Crippen LogP contribution in [-0.2, 0) is 22.4 Å². The van der Waals surface area contributed by atoms with E-state index in [2.05, 4.69) is 29.3 Å². The number of aromatic nitrogens is 2. The molecule has 10 nitrogen and oxygen atoms in total. The first-order valence-corrected chi connectivity index (χ1v) is 14.5. The van der Waals surface area contributed by atoms with Gasteiger partial charge in [0, 0.05) is 37.8 Å². The summed E-state index contributed by atoms with van der Waals surface area (Å²) in [7, 11) is 5.08. The lowest BCUT2D eigenvalue weighted by atomic mass is 10.1. The normalized spacial score (nSPS) is 12.8. The quantitative estimate of drug-likeness (QED) is 0.299. The number of aryl methyl sites for hydroxylation is 2. The number of fused-ring (bicyclic) bond motifs is 1. The van der Waals surface area contributed by atoms with Gasteiger partial charge < -0.3 is 29.1 Å². The lowest BCUT2D eigenvalue weighted by Crippen LogP contribution is -2.47. The summed E-state index contributed by atoms with van der Waals surface area (Å²) in [6.07, 6.45) is 3.40. The van der Waals surface area contributed by atoms with Crippen LogP contribution < -0.4 is 19.7 Å². The number of ether oxygens (including phenoxy) is 2. The molecule has 0 fully saturated rings. The van der Waals surface area contributed by atoms with Gasteiger partial charge in [-0.25, -0.2) is 0 Å². The summed E-state index contributed by atoms with van der Waals surface area (Å²) in [5, 5.41) is 7.08. The fourth-order valence-electron chi connectivity index (χ4n) is 5.37. The maximum atomic E-state index is 13.8. The molecule has 0 saturated carbocycles. The van der Waals surface area contributed by atoms with Crippen molar-refractivity contribution < 1.29 is 23.6 Å². The van der Waals surface area contributed by atoms with Gasteiger partial charge in [0.1, 0.15) is 0 Å². The van der Waals surface area contributed by atoms with E-state index < -0.39 is 0 Å². The summed E-state index contributed by atoms with van der Waals surface area (Å²) >= 11 is 0. The van der Waals surface area contributed by atoms with Crippen molar-refractivity contribution in [1.82, 2.24) is 20.4 Å². The number of nitrogens with one attached hydrogen (secondary N) is 1. The minimum atomic E-state index is -0.123. The molecule has 2 aromatic carbocycles. The van der Waals surface area contributed by atoms with Crippen LogP contribution in [0.5, 0.6) is 11.5 Å². The van der Waals surface area contributed by atoms with Crippen LogP contribution in [0, 0.1) is 19.8 Å². The number of rotatable bonds is 13. The van der Waals surface area contributed by atoms with Gasteiger partial charge in [0.05, 0.1) is 27.3 Å². The first kappa shape index (κ1) is 30.9. The molecule has 10 heteroatoms. The molecule has 2 amide bonds. The Labute approximate surface area is 248 Å². The van der Waals surface area contributed by atoms with Crippen molar-refractivity contribution in [2.24, 2.45) is 5.92 Å². The molecule has 1 aliphatic rings. The minimum absolute atomic E-state index is 0.00856. The second-order valence-electron chi connectivity index (χ2n) is 11.4. The molecule has 0 aliphatic heterocycles. The molecule has 3 aromatic rings. The van der Waals surface area contributed by atoms with Crippen molar-refractivity contribution in [2.45, 2.75) is 59.4 Å². The molecule has 0 saturated heterocycles. The maximum absolute atomic E-state index is 13.8. The van der Waals surface area contributed by atoms with E-state index in [9.17, 15) is 9.59 Å². The Balaban J connectivity index is 1.53. The van der Waals surface area contributed by atoms with Gasteiger partial charge in [-0.15, -0.1) is 0 Å². The number of carbonyl (C=O) groups is 2. The van der Waals surface area contributed by atoms with Gasteiger partial charge >= 0.3 is 0 Å². The Kier molecular flexibility index (Phi) is 10.1. The first-order valence-electron chi connectivity index (χ1n) is 14.5. The zero-order valence-corrected chi connectivity index (χ0v) is 25.8. The topological polar surface area (TPSA) is 110 Å². The average molecular weight is 578 g/mol. The largest absolute Gasteiger partial charge is 0.493 e. The first-order chi connectivity index (χ1) is 20.1. The van der Waals surface area contributed by atoms with E-state index in [0.29, 0.717) is 35.7 Å². The second-order valence-corrected chi connectivity index (χ2v) is 11.4. The molecule has 0 bridgehead atoms. The Morgan fingerprint density at radius 2 is 1.71 bits per heavy atom. The van der Waals surface area contributed by atoms with E-state index in [4.69, 9.17) is 14.0 Å². The third kappa shape index (κ3) is 7.40. The van der Waals surface area contributed by atoms with Gasteiger partial charge in [0.2, 0.25) is 23.5 Å². The molecule has 0 spiro atoms. The van der Waals surface area contributed by atoms with E-state index in [0.717, 1.165) is 53.6 Å². The number of hydrogen-bond donors (Lipinski definition) is 1. The molecule has 4 rings (SSSR count). The Hall–Kier alpha value is -4.08. The van der Waals surface area contributed by atoms with E-state index >= 15 is 0 Å². The van der Waals surface area contributed by atoms with Gasteiger partial charge in [-0.3, -0.25) is 9.59 Å². The second kappa shape index (κ2) is 13.7. The number of hydrogen-bond acceptors (Lipinski definition) is 8. The number of nitrogens with zero attached hydrogens (tertiary/aromatic N) is 4. The molecule has 0 unspecified atom stereocenters. The number of carbonyl (C=O) groups excluding carboxylic acids is 2. The van der Waals surface area contributed by atoms with Crippen molar-refractivity contribution in [3.8, 4) is 22.9 Å². The van der Waals surface area contributed by atoms with Crippen molar-refractivity contribution in [2.75, 3.05) is 45.8 Å². The average Bonchev–Trinajstić information content (AvgIpc) is 3.59. The number of likely N-dealkylation sites (N-methyl/N-ethyl adjacent to an activating group) is 1. The molecule has 1 heterocycles. The highest BCUT2D eigenvalue weighted by Gasteiger charge is 2.30. The Morgan fingerprint density at radius 3 is 2.29 bits per heavy atom. The van der Waals surface area contributed by atoms with Crippen LogP contribution in [0.2, 0.25) is 0 Å². The van der Waals surface area contributed by atoms with E-state index in [1.807, 2.05) is 49.2 Å². The standard InChI is InChI=1S/C32H43N5O5/c1-20(2)9-8-12-33-30(38)18-37(27-15-23(11-10-21(27)3)32-34-22(4)42-35-32)19-31(39)36(5)26-13-24-16-28(40-6)29(41-7)17-25(24)14-26/h10-11,15-17,20,26H,8-9,12-14,18-19H2,1-7H3,(H,33,38). The fourth-order valence-corrected chi connectivity index (χ4v) is 5.37. The lowest BCUT2D eigenvalue weighted by Gasteiger charge is -2.30. The molecular formula is C32H43N5O5. The van der Waals surface area contributed by atoms with Crippen molar-refractivity contribution in [3.63, 3.8) is 0 Å². The van der Waals surface area contributed by atoms with E-state index in [1.54, 1.807) is 26.0 Å². The smallest absolute Gasteiger partial charge is 0.242 e. The van der Waals surface area contributed by atoms with Crippen LogP contribution in [0.25, 0.3) is 11.4 Å². The fraction of sp³-hybridized carbons (Fsp3) is 0.500. The molecule has 42 heavy (non-hydrogen) atoms. The SMILES string of the molecule is COc1cc2c(cc1OC)CC(N(C)C(=O)CN(CC(=O)NCCCC(C)C)c1cc(-c3noc(C)n3)ccc1C)C2. The zero-order valence-electron chi connectivity index (χ0n) is 25.8. The van der Waals surface area contributed by atoms with Gasteiger partial charge in [-0.2, -0.15) is 4.98 Å². The van der Waals surface area contributed by atoms with Crippen molar-refractivity contribution in [3.05, 3.63) is 52.9 Å². The molecule has 1 aromatic heterocycles. The monoisotopic (exact) mass is 577 g/mol. The number of amides is 2. The summed E-state index contributed by atoms with van der Waals surface area (Å²) < 4.78 is 16.1. The van der Waals surface area contributed by atoms with Crippen molar-refractivity contribution >= 4 is 17.5 Å². The highest BCUT2D eigenvalue weighted by Crippen LogP contribution is 2.36. The van der Waals surface area contributed by atoms with Crippen LogP contribution in [0.4, 0.5) is 5.69 Å². The van der Waals surface area contributed by atoms with Crippen molar-refractivity contribution in [1.29, 1.82) is 0 Å². The van der Waals surface area contributed by atoms with E-state index in [-0.39, 0.29) is 30.9 Å². The molecular weight excluding hydrogens is 534 g/mol. The Morgan fingerprint density at radius 1 is 1.05 bits per heavy atom. The predicted molar refractivity (Wildman–Crippen MR) is 162 cm³/mol. The van der Waals surface area contributed by atoms with Gasteiger partial charge in [0.25, 0.3) is 0 Å². The van der Waals surface area contributed by atoms with Crippen LogP contribution in [-0.4, -0.2) is 73.8 Å². The molecule has 226 valence electrons. The molecule has 0 radical (unpaired) electrons. The molecule has 1 N–H and O–H groups in total. The summed E-state index contributed by atoms with van der Waals surface area (Å²) in [6.45, 7) is 8.75. The Bertz CT molecular complexity index is 1370. The van der Waals surface area contributed by atoms with Crippen LogP contribution in [0.3, 0.4) is 0 Å². The summed E-state index contributed by atoms with van der Waals surface area (Å²) in [5.41, 5.74) is 4.76. The van der Waals surface area contributed by atoms with Gasteiger partial charge in [0.15, 0.2) is 11.5 Å². The van der Waals surface area contributed by atoms with Crippen LogP contribution >= 0.6 is 0 Å². The van der Waals surface area contributed by atoms with Gasteiger partial charge in [-0.1, -0.05) is 31.1 Å². The highest BCUT2D eigenvalue weighted by molar-refractivity contribution is 5.87.